The molecule has 2 aromatic heterocycles. The molecule has 88 valence electrons. The number of imidazole rings is 1. The Labute approximate surface area is 97.1 Å². The number of hydrogen-bond acceptors (Lipinski definition) is 3. The molecular weight excluding hydrogens is 222 g/mol. The van der Waals surface area contributed by atoms with Gasteiger partial charge in [-0.2, -0.15) is 0 Å². The second-order valence-electron chi connectivity index (χ2n) is 3.89. The van der Waals surface area contributed by atoms with E-state index in [1.54, 1.807) is 12.5 Å². The Morgan fingerprint density at radius 2 is 2.35 bits per heavy atom. The molecule has 0 radical (unpaired) electrons. The standard InChI is InChI=1S/C11H11N3O3/c15-11(16)13-3-4-14-8(6-12-10(14)7-13)9-2-1-5-17-9/h1-2,5-6H,3-4,7H2,(H,15,16). The molecule has 0 saturated heterocycles. The molecule has 0 bridgehead atoms. The molecule has 0 atom stereocenters. The summed E-state index contributed by atoms with van der Waals surface area (Å²) in [5.41, 5.74) is 0.898. The molecule has 1 aliphatic rings. The number of rotatable bonds is 1. The quantitative estimate of drug-likeness (QED) is 0.812. The lowest BCUT2D eigenvalue weighted by atomic mass is 10.3. The fourth-order valence-electron chi connectivity index (χ4n) is 2.04. The topological polar surface area (TPSA) is 71.5 Å². The van der Waals surface area contributed by atoms with Crippen molar-refractivity contribution in [2.75, 3.05) is 6.54 Å². The number of amides is 1. The Kier molecular flexibility index (Phi) is 2.14. The summed E-state index contributed by atoms with van der Waals surface area (Å²) in [4.78, 5) is 16.5. The van der Waals surface area contributed by atoms with E-state index in [1.807, 2.05) is 16.7 Å². The van der Waals surface area contributed by atoms with Crippen molar-refractivity contribution in [3.05, 3.63) is 30.4 Å². The van der Waals surface area contributed by atoms with Gasteiger partial charge in [0.05, 0.1) is 19.0 Å². The van der Waals surface area contributed by atoms with Crippen LogP contribution in [0.2, 0.25) is 0 Å². The number of hydrogen-bond donors (Lipinski definition) is 1. The molecule has 0 saturated carbocycles. The lowest BCUT2D eigenvalue weighted by Crippen LogP contribution is -2.37. The van der Waals surface area contributed by atoms with E-state index in [-0.39, 0.29) is 0 Å². The second kappa shape index (κ2) is 3.65. The zero-order valence-electron chi connectivity index (χ0n) is 9.04. The van der Waals surface area contributed by atoms with Gasteiger partial charge in [-0.25, -0.2) is 9.78 Å². The summed E-state index contributed by atoms with van der Waals surface area (Å²) in [6, 6.07) is 3.69. The molecule has 1 aliphatic heterocycles. The van der Waals surface area contributed by atoms with Gasteiger partial charge in [0.25, 0.3) is 0 Å². The van der Waals surface area contributed by atoms with E-state index in [2.05, 4.69) is 4.98 Å². The Morgan fingerprint density at radius 3 is 3.06 bits per heavy atom. The highest BCUT2D eigenvalue weighted by Gasteiger charge is 2.23. The lowest BCUT2D eigenvalue weighted by molar-refractivity contribution is 0.132. The third-order valence-corrected chi connectivity index (χ3v) is 2.91. The monoisotopic (exact) mass is 233 g/mol. The van der Waals surface area contributed by atoms with Crippen molar-refractivity contribution in [3.8, 4) is 11.5 Å². The van der Waals surface area contributed by atoms with Crippen LogP contribution in [0, 0.1) is 0 Å². The predicted octanol–water partition coefficient (Wildman–Crippen LogP) is 1.64. The molecule has 1 amide bonds. The molecule has 6 heteroatoms. The van der Waals surface area contributed by atoms with Crippen LogP contribution in [0.25, 0.3) is 11.5 Å². The molecule has 0 aliphatic carbocycles. The van der Waals surface area contributed by atoms with Gasteiger partial charge in [0.15, 0.2) is 5.76 Å². The summed E-state index contributed by atoms with van der Waals surface area (Å²) in [6.45, 7) is 1.42. The Morgan fingerprint density at radius 1 is 1.47 bits per heavy atom. The van der Waals surface area contributed by atoms with Gasteiger partial charge in [-0.15, -0.1) is 0 Å². The van der Waals surface area contributed by atoms with E-state index in [4.69, 9.17) is 9.52 Å². The average Bonchev–Trinajstić information content (AvgIpc) is 2.96. The molecule has 3 heterocycles. The van der Waals surface area contributed by atoms with Crippen LogP contribution in [0.3, 0.4) is 0 Å². The van der Waals surface area contributed by atoms with Gasteiger partial charge in [0, 0.05) is 13.1 Å². The third kappa shape index (κ3) is 1.57. The van der Waals surface area contributed by atoms with Crippen molar-refractivity contribution in [3.63, 3.8) is 0 Å². The summed E-state index contributed by atoms with van der Waals surface area (Å²) in [6.07, 6.45) is 2.43. The molecular formula is C11H11N3O3. The normalized spacial score (nSPS) is 14.7. The number of furan rings is 1. The van der Waals surface area contributed by atoms with Gasteiger partial charge < -0.3 is 14.1 Å². The summed E-state index contributed by atoms with van der Waals surface area (Å²) >= 11 is 0. The van der Waals surface area contributed by atoms with Crippen LogP contribution in [0.1, 0.15) is 5.82 Å². The highest BCUT2D eigenvalue weighted by Crippen LogP contribution is 2.24. The van der Waals surface area contributed by atoms with E-state index in [0.29, 0.717) is 19.6 Å². The predicted molar refractivity (Wildman–Crippen MR) is 58.4 cm³/mol. The summed E-state index contributed by atoms with van der Waals surface area (Å²) < 4.78 is 7.33. The first-order chi connectivity index (χ1) is 8.25. The van der Waals surface area contributed by atoms with Gasteiger partial charge in [-0.05, 0) is 12.1 Å². The van der Waals surface area contributed by atoms with Crippen LogP contribution in [-0.4, -0.2) is 32.2 Å². The fourth-order valence-corrected chi connectivity index (χ4v) is 2.04. The van der Waals surface area contributed by atoms with Crippen molar-refractivity contribution >= 4 is 6.09 Å². The van der Waals surface area contributed by atoms with E-state index in [0.717, 1.165) is 17.3 Å². The minimum atomic E-state index is -0.904. The van der Waals surface area contributed by atoms with Crippen LogP contribution in [0.5, 0.6) is 0 Å². The van der Waals surface area contributed by atoms with E-state index in [1.165, 1.54) is 4.90 Å². The first kappa shape index (κ1) is 9.95. The third-order valence-electron chi connectivity index (χ3n) is 2.91. The zero-order chi connectivity index (χ0) is 11.8. The highest BCUT2D eigenvalue weighted by molar-refractivity contribution is 5.65. The van der Waals surface area contributed by atoms with Crippen LogP contribution in [0.15, 0.2) is 29.0 Å². The maximum atomic E-state index is 10.9. The van der Waals surface area contributed by atoms with Crippen molar-refractivity contribution in [2.24, 2.45) is 0 Å². The molecule has 0 unspecified atom stereocenters. The number of carboxylic acid groups (broad SMARTS) is 1. The largest absolute Gasteiger partial charge is 0.465 e. The maximum absolute atomic E-state index is 10.9. The van der Waals surface area contributed by atoms with Crippen LogP contribution in [0.4, 0.5) is 4.79 Å². The average molecular weight is 233 g/mol. The maximum Gasteiger partial charge on any atom is 0.407 e. The van der Waals surface area contributed by atoms with Crippen LogP contribution in [-0.2, 0) is 13.1 Å². The Balaban J connectivity index is 1.95. The van der Waals surface area contributed by atoms with Gasteiger partial charge >= 0.3 is 6.09 Å². The summed E-state index contributed by atoms with van der Waals surface area (Å²) in [5.74, 6) is 1.51. The minimum absolute atomic E-state index is 0.329. The number of carbonyl (C=O) groups is 1. The van der Waals surface area contributed by atoms with E-state index >= 15 is 0 Å². The number of nitrogens with zero attached hydrogens (tertiary/aromatic N) is 3. The van der Waals surface area contributed by atoms with Crippen molar-refractivity contribution in [1.82, 2.24) is 14.5 Å². The van der Waals surface area contributed by atoms with Crippen LogP contribution < -0.4 is 0 Å². The fraction of sp³-hybridized carbons (Fsp3) is 0.273. The first-order valence-corrected chi connectivity index (χ1v) is 5.32. The molecule has 0 spiro atoms. The molecule has 2 aromatic rings. The van der Waals surface area contributed by atoms with Crippen LogP contribution >= 0.6 is 0 Å². The van der Waals surface area contributed by atoms with Gasteiger partial charge in [0.2, 0.25) is 0 Å². The lowest BCUT2D eigenvalue weighted by Gasteiger charge is -2.25. The SMILES string of the molecule is O=C(O)N1CCn2c(-c3ccco3)cnc2C1. The first-order valence-electron chi connectivity index (χ1n) is 5.32. The summed E-state index contributed by atoms with van der Waals surface area (Å²) in [7, 11) is 0. The minimum Gasteiger partial charge on any atom is -0.465 e. The van der Waals surface area contributed by atoms with Gasteiger partial charge in [-0.3, -0.25) is 4.90 Å². The van der Waals surface area contributed by atoms with Crippen molar-refractivity contribution < 1.29 is 14.3 Å². The molecule has 6 nitrogen and oxygen atoms in total. The van der Waals surface area contributed by atoms with E-state index in [9.17, 15) is 4.79 Å². The molecule has 3 rings (SSSR count). The number of fused-ring (bicyclic) bond motifs is 1. The van der Waals surface area contributed by atoms with Gasteiger partial charge in [0.1, 0.15) is 11.5 Å². The van der Waals surface area contributed by atoms with Gasteiger partial charge in [-0.1, -0.05) is 0 Å². The van der Waals surface area contributed by atoms with Crippen molar-refractivity contribution in [1.29, 1.82) is 0 Å². The number of aromatic nitrogens is 2. The van der Waals surface area contributed by atoms with Crippen molar-refractivity contribution in [2.45, 2.75) is 13.1 Å². The molecule has 17 heavy (non-hydrogen) atoms. The molecule has 0 fully saturated rings. The van der Waals surface area contributed by atoms with E-state index < -0.39 is 6.09 Å². The molecule has 1 N–H and O–H groups in total. The highest BCUT2D eigenvalue weighted by atomic mass is 16.4. The smallest absolute Gasteiger partial charge is 0.407 e. The Bertz CT molecular complexity index is 544. The zero-order valence-corrected chi connectivity index (χ0v) is 9.04. The second-order valence-corrected chi connectivity index (χ2v) is 3.89. The molecule has 0 aromatic carbocycles. The summed E-state index contributed by atoms with van der Waals surface area (Å²) in [5, 5.41) is 8.92. The Hall–Kier alpha value is -2.24.